The molecule has 2 heteroatoms. The summed E-state index contributed by atoms with van der Waals surface area (Å²) < 4.78 is 9.92. The van der Waals surface area contributed by atoms with E-state index in [4.69, 9.17) is 9.47 Å². The maximum absolute atomic E-state index is 5.01. The van der Waals surface area contributed by atoms with E-state index in [1.54, 1.807) is 6.26 Å². The Morgan fingerprint density at radius 3 is 2.75 bits per heavy atom. The predicted molar refractivity (Wildman–Crippen MR) is 50.4 cm³/mol. The first kappa shape index (κ1) is 10.8. The van der Waals surface area contributed by atoms with Crippen molar-refractivity contribution in [2.45, 2.75) is 20.8 Å². The second-order valence-electron chi connectivity index (χ2n) is 2.09. The average molecular weight is 168 g/mol. The van der Waals surface area contributed by atoms with Gasteiger partial charge in [0.1, 0.15) is 5.76 Å². The van der Waals surface area contributed by atoms with Crippen LogP contribution in [-0.2, 0) is 9.47 Å². The van der Waals surface area contributed by atoms with Crippen molar-refractivity contribution in [3.05, 3.63) is 36.3 Å². The second-order valence-corrected chi connectivity index (χ2v) is 2.09. The smallest absolute Gasteiger partial charge is 0.229 e. The second kappa shape index (κ2) is 6.53. The minimum absolute atomic E-state index is 0.249. The number of hydrogen-bond acceptors (Lipinski definition) is 2. The van der Waals surface area contributed by atoms with Crippen LogP contribution in [0, 0.1) is 0 Å². The summed E-state index contributed by atoms with van der Waals surface area (Å²) >= 11 is 0. The fraction of sp³-hybridized carbons (Fsp3) is 0.400. The summed E-state index contributed by atoms with van der Waals surface area (Å²) in [6.45, 7) is 9.86. The Morgan fingerprint density at radius 2 is 2.08 bits per heavy atom. The van der Waals surface area contributed by atoms with Gasteiger partial charge >= 0.3 is 0 Å². The summed E-state index contributed by atoms with van der Waals surface area (Å²) in [7, 11) is 0. The monoisotopic (exact) mass is 168 g/mol. The van der Waals surface area contributed by atoms with Gasteiger partial charge in [-0.3, -0.25) is 0 Å². The van der Waals surface area contributed by atoms with E-state index in [1.165, 1.54) is 0 Å². The first-order valence-corrected chi connectivity index (χ1v) is 4.07. The molecule has 0 radical (unpaired) electrons. The first-order chi connectivity index (χ1) is 5.79. The van der Waals surface area contributed by atoms with E-state index in [0.29, 0.717) is 5.76 Å². The third-order valence-corrected chi connectivity index (χ3v) is 1.13. The molecule has 0 saturated heterocycles. The van der Waals surface area contributed by atoms with Crippen LogP contribution in [0.3, 0.4) is 0 Å². The molecule has 0 atom stereocenters. The van der Waals surface area contributed by atoms with Crippen LogP contribution in [0.1, 0.15) is 20.8 Å². The molecule has 0 aliphatic carbocycles. The van der Waals surface area contributed by atoms with Gasteiger partial charge in [-0.15, -0.1) is 0 Å². The summed E-state index contributed by atoms with van der Waals surface area (Å²) in [4.78, 5) is 0. The molecule has 1 aliphatic rings. The van der Waals surface area contributed by atoms with Crippen LogP contribution in [0.25, 0.3) is 0 Å². The third-order valence-electron chi connectivity index (χ3n) is 1.13. The van der Waals surface area contributed by atoms with E-state index in [1.807, 2.05) is 32.9 Å². The Labute approximate surface area is 74.2 Å². The molecule has 1 rings (SSSR count). The molecule has 1 aliphatic heterocycles. The summed E-state index contributed by atoms with van der Waals surface area (Å²) in [6.07, 6.45) is 5.34. The highest BCUT2D eigenvalue weighted by molar-refractivity contribution is 5.23. The molecule has 0 bridgehead atoms. The van der Waals surface area contributed by atoms with Crippen LogP contribution in [0.5, 0.6) is 0 Å². The maximum atomic E-state index is 5.01. The van der Waals surface area contributed by atoms with Crippen molar-refractivity contribution in [3.63, 3.8) is 0 Å². The van der Waals surface area contributed by atoms with E-state index in [2.05, 4.69) is 6.58 Å². The van der Waals surface area contributed by atoms with Crippen LogP contribution in [0.4, 0.5) is 0 Å². The van der Waals surface area contributed by atoms with Crippen molar-refractivity contribution in [1.82, 2.24) is 0 Å². The Kier molecular flexibility index (Phi) is 5.88. The molecule has 0 fully saturated rings. The molecule has 2 nitrogen and oxygen atoms in total. The molecule has 0 aromatic heterocycles. The SMILES string of the molecule is C=C1/C=C(C)\C=C/OCO1.CC. The molecule has 0 saturated carbocycles. The van der Waals surface area contributed by atoms with E-state index in [9.17, 15) is 0 Å². The molecule has 0 amide bonds. The number of allylic oxidation sites excluding steroid dienone is 3. The van der Waals surface area contributed by atoms with Crippen molar-refractivity contribution < 1.29 is 9.47 Å². The molecule has 0 aromatic carbocycles. The van der Waals surface area contributed by atoms with Crippen LogP contribution < -0.4 is 0 Å². The topological polar surface area (TPSA) is 18.5 Å². The van der Waals surface area contributed by atoms with Crippen LogP contribution in [-0.4, -0.2) is 6.79 Å². The molecule has 0 aromatic rings. The van der Waals surface area contributed by atoms with Gasteiger partial charge < -0.3 is 9.47 Å². The van der Waals surface area contributed by atoms with Crippen LogP contribution >= 0.6 is 0 Å². The van der Waals surface area contributed by atoms with Crippen molar-refractivity contribution in [2.75, 3.05) is 6.79 Å². The lowest BCUT2D eigenvalue weighted by Crippen LogP contribution is -1.95. The molecule has 1 heterocycles. The van der Waals surface area contributed by atoms with Gasteiger partial charge in [-0.05, 0) is 24.6 Å². The van der Waals surface area contributed by atoms with E-state index < -0.39 is 0 Å². The Balaban J connectivity index is 0.000000561. The van der Waals surface area contributed by atoms with Crippen molar-refractivity contribution in [3.8, 4) is 0 Å². The highest BCUT2D eigenvalue weighted by Crippen LogP contribution is 2.06. The van der Waals surface area contributed by atoms with Gasteiger partial charge in [0.05, 0.1) is 6.26 Å². The molecule has 0 unspecified atom stereocenters. The molecule has 0 spiro atoms. The molecular formula is C10H16O2. The average Bonchev–Trinajstić information content (AvgIpc) is 2.04. The highest BCUT2D eigenvalue weighted by Gasteiger charge is 1.93. The molecule has 12 heavy (non-hydrogen) atoms. The normalized spacial score (nSPS) is 22.6. The van der Waals surface area contributed by atoms with Gasteiger partial charge in [0.15, 0.2) is 0 Å². The van der Waals surface area contributed by atoms with Gasteiger partial charge in [0.2, 0.25) is 6.79 Å². The van der Waals surface area contributed by atoms with Crippen LogP contribution in [0.15, 0.2) is 36.3 Å². The number of hydrogen-bond donors (Lipinski definition) is 0. The Bertz CT molecular complexity index is 190. The minimum Gasteiger partial charge on any atom is -0.465 e. The fourth-order valence-corrected chi connectivity index (χ4v) is 0.648. The maximum Gasteiger partial charge on any atom is 0.229 e. The Morgan fingerprint density at radius 1 is 1.42 bits per heavy atom. The van der Waals surface area contributed by atoms with Crippen molar-refractivity contribution >= 4 is 0 Å². The highest BCUT2D eigenvalue weighted by atomic mass is 16.7. The summed E-state index contributed by atoms with van der Waals surface area (Å²) in [5, 5.41) is 0. The molecule has 68 valence electrons. The van der Waals surface area contributed by atoms with Crippen molar-refractivity contribution in [1.29, 1.82) is 0 Å². The summed E-state index contributed by atoms with van der Waals surface area (Å²) in [6, 6.07) is 0. The fourth-order valence-electron chi connectivity index (χ4n) is 0.648. The minimum atomic E-state index is 0.249. The van der Waals surface area contributed by atoms with E-state index in [0.717, 1.165) is 5.57 Å². The number of rotatable bonds is 0. The van der Waals surface area contributed by atoms with Gasteiger partial charge in [0.25, 0.3) is 0 Å². The zero-order valence-corrected chi connectivity index (χ0v) is 7.96. The van der Waals surface area contributed by atoms with Gasteiger partial charge in [0, 0.05) is 0 Å². The zero-order chi connectivity index (χ0) is 9.40. The lowest BCUT2D eigenvalue weighted by Gasteiger charge is -2.07. The van der Waals surface area contributed by atoms with E-state index in [-0.39, 0.29) is 6.79 Å². The standard InChI is InChI=1S/C8H10O2.C2H6/c1-7-3-4-9-6-10-8(2)5-7;1-2/h3-5H,2,6H2,1H3;1-2H3/b4-3-,7-5-;. The quantitative estimate of drug-likeness (QED) is 0.553. The zero-order valence-electron chi connectivity index (χ0n) is 7.96. The van der Waals surface area contributed by atoms with Gasteiger partial charge in [-0.1, -0.05) is 20.4 Å². The predicted octanol–water partition coefficient (Wildman–Crippen LogP) is 2.99. The molecule has 0 N–H and O–H groups in total. The first-order valence-electron chi connectivity index (χ1n) is 4.07. The van der Waals surface area contributed by atoms with Gasteiger partial charge in [-0.2, -0.15) is 0 Å². The van der Waals surface area contributed by atoms with Crippen molar-refractivity contribution in [2.24, 2.45) is 0 Å². The van der Waals surface area contributed by atoms with Crippen LogP contribution in [0.2, 0.25) is 0 Å². The Hall–Kier alpha value is -1.18. The lowest BCUT2D eigenvalue weighted by atomic mass is 10.2. The summed E-state index contributed by atoms with van der Waals surface area (Å²) in [5.74, 6) is 0.641. The third kappa shape index (κ3) is 4.61. The van der Waals surface area contributed by atoms with Gasteiger partial charge in [-0.25, -0.2) is 0 Å². The van der Waals surface area contributed by atoms with E-state index >= 15 is 0 Å². The largest absolute Gasteiger partial charge is 0.465 e. The lowest BCUT2D eigenvalue weighted by molar-refractivity contribution is 0.0335. The number of ether oxygens (including phenoxy) is 2. The molecular weight excluding hydrogens is 152 g/mol. The summed E-state index contributed by atoms with van der Waals surface area (Å²) in [5.41, 5.74) is 1.07.